The highest BCUT2D eigenvalue weighted by Gasteiger charge is 2.23. The predicted molar refractivity (Wildman–Crippen MR) is 101 cm³/mol. The summed E-state index contributed by atoms with van der Waals surface area (Å²) in [5.41, 5.74) is 1.69. The number of carbonyl (C=O) groups excluding carboxylic acids is 3. The van der Waals surface area contributed by atoms with E-state index in [0.717, 1.165) is 34.8 Å². The van der Waals surface area contributed by atoms with Gasteiger partial charge in [0.25, 0.3) is 0 Å². The Hall–Kier alpha value is -2.90. The maximum absolute atomic E-state index is 11.6. The van der Waals surface area contributed by atoms with Crippen molar-refractivity contribution >= 4 is 42.7 Å². The van der Waals surface area contributed by atoms with E-state index in [0.29, 0.717) is 16.7 Å². The molecule has 0 aromatic heterocycles. The minimum atomic E-state index is -1.22. The molecule has 0 saturated heterocycles. The minimum Gasteiger partial charge on any atom is -0.298 e. The van der Waals surface area contributed by atoms with Gasteiger partial charge in [-0.25, -0.2) is 0 Å². The van der Waals surface area contributed by atoms with Crippen molar-refractivity contribution in [3.05, 3.63) is 89.5 Å². The molecule has 3 nitrogen and oxygen atoms in total. The van der Waals surface area contributed by atoms with Crippen LogP contribution in [0.1, 0.15) is 31.1 Å². The molecule has 0 unspecified atom stereocenters. The first-order valence-corrected chi connectivity index (χ1v) is 9.07. The Morgan fingerprint density at radius 1 is 0.480 bits per heavy atom. The predicted octanol–water partition coefficient (Wildman–Crippen LogP) is 2.88. The molecule has 0 radical (unpaired) electrons. The number of hydrogen-bond acceptors (Lipinski definition) is 3. The largest absolute Gasteiger partial charge is 0.298 e. The van der Waals surface area contributed by atoms with E-state index in [-0.39, 0.29) is 0 Å². The molecule has 0 heterocycles. The Labute approximate surface area is 147 Å². The molecule has 0 spiro atoms. The van der Waals surface area contributed by atoms with Gasteiger partial charge in [-0.3, -0.25) is 14.4 Å². The van der Waals surface area contributed by atoms with E-state index in [2.05, 4.69) is 0 Å². The van der Waals surface area contributed by atoms with Crippen molar-refractivity contribution in [3.8, 4) is 0 Å². The fraction of sp³-hybridized carbons (Fsp3) is 0. The molecule has 0 amide bonds. The Kier molecular flexibility index (Phi) is 5.27. The standard InChI is InChI=1S/C21H15O3P/c22-13-16-7-1-4-10-19(16)25(20-11-5-2-8-17(20)14-23)21-12-6-3-9-18(21)15-24/h1-15H. The van der Waals surface area contributed by atoms with E-state index < -0.39 is 7.92 Å². The Bertz CT molecular complexity index is 811. The van der Waals surface area contributed by atoms with E-state index >= 15 is 0 Å². The van der Waals surface area contributed by atoms with Crippen LogP contribution < -0.4 is 15.9 Å². The fourth-order valence-corrected chi connectivity index (χ4v) is 5.40. The van der Waals surface area contributed by atoms with Crippen molar-refractivity contribution in [2.24, 2.45) is 0 Å². The van der Waals surface area contributed by atoms with Crippen molar-refractivity contribution in [3.63, 3.8) is 0 Å². The summed E-state index contributed by atoms with van der Waals surface area (Å²) < 4.78 is 0. The Morgan fingerprint density at radius 2 is 0.760 bits per heavy atom. The van der Waals surface area contributed by atoms with Gasteiger partial charge in [-0.1, -0.05) is 72.8 Å². The molecular formula is C21H15O3P. The Morgan fingerprint density at radius 3 is 1.04 bits per heavy atom. The highest BCUT2D eigenvalue weighted by molar-refractivity contribution is 7.80. The van der Waals surface area contributed by atoms with Crippen molar-refractivity contribution in [1.29, 1.82) is 0 Å². The van der Waals surface area contributed by atoms with Crippen LogP contribution in [-0.2, 0) is 0 Å². The van der Waals surface area contributed by atoms with E-state index in [1.807, 2.05) is 36.4 Å². The monoisotopic (exact) mass is 346 g/mol. The van der Waals surface area contributed by atoms with Gasteiger partial charge in [0.1, 0.15) is 0 Å². The second kappa shape index (κ2) is 7.78. The van der Waals surface area contributed by atoms with Gasteiger partial charge in [-0.05, 0) is 23.8 Å². The van der Waals surface area contributed by atoms with Crippen LogP contribution >= 0.6 is 7.92 Å². The first-order valence-electron chi connectivity index (χ1n) is 7.73. The van der Waals surface area contributed by atoms with Crippen LogP contribution in [0.15, 0.2) is 72.8 Å². The molecule has 122 valence electrons. The highest BCUT2D eigenvalue weighted by Crippen LogP contribution is 2.35. The molecule has 0 bridgehead atoms. The summed E-state index contributed by atoms with van der Waals surface area (Å²) >= 11 is 0. The molecule has 0 N–H and O–H groups in total. The quantitative estimate of drug-likeness (QED) is 0.509. The molecule has 3 rings (SSSR count). The topological polar surface area (TPSA) is 51.2 Å². The van der Waals surface area contributed by atoms with Gasteiger partial charge < -0.3 is 0 Å². The first kappa shape index (κ1) is 16.9. The molecule has 4 heteroatoms. The van der Waals surface area contributed by atoms with Gasteiger partial charge in [-0.15, -0.1) is 0 Å². The van der Waals surface area contributed by atoms with Gasteiger partial charge >= 0.3 is 0 Å². The third-order valence-corrected chi connectivity index (χ3v) is 6.58. The average Bonchev–Trinajstić information content (AvgIpc) is 2.69. The summed E-state index contributed by atoms with van der Waals surface area (Å²) in [6.45, 7) is 0. The van der Waals surface area contributed by atoms with Gasteiger partial charge in [0.15, 0.2) is 18.9 Å². The van der Waals surface area contributed by atoms with Crippen LogP contribution in [0.3, 0.4) is 0 Å². The van der Waals surface area contributed by atoms with E-state index in [4.69, 9.17) is 0 Å². The van der Waals surface area contributed by atoms with Crippen LogP contribution in [0.5, 0.6) is 0 Å². The van der Waals surface area contributed by atoms with Crippen LogP contribution in [0.4, 0.5) is 0 Å². The maximum atomic E-state index is 11.6. The SMILES string of the molecule is O=Cc1ccccc1P(c1ccccc1C=O)c1ccccc1C=O. The molecular weight excluding hydrogens is 331 g/mol. The zero-order valence-corrected chi connectivity index (χ0v) is 14.2. The normalized spacial score (nSPS) is 10.4. The number of rotatable bonds is 6. The lowest BCUT2D eigenvalue weighted by molar-refractivity contribution is 0.111. The summed E-state index contributed by atoms with van der Waals surface area (Å²) in [5.74, 6) is 0. The lowest BCUT2D eigenvalue weighted by atomic mass is 10.2. The third kappa shape index (κ3) is 3.33. The van der Waals surface area contributed by atoms with Crippen molar-refractivity contribution in [1.82, 2.24) is 0 Å². The summed E-state index contributed by atoms with van der Waals surface area (Å²) in [7, 11) is -1.22. The molecule has 0 aliphatic heterocycles. The van der Waals surface area contributed by atoms with Crippen molar-refractivity contribution < 1.29 is 14.4 Å². The van der Waals surface area contributed by atoms with Gasteiger partial charge in [0.05, 0.1) is 0 Å². The van der Waals surface area contributed by atoms with Crippen molar-refractivity contribution in [2.75, 3.05) is 0 Å². The zero-order chi connectivity index (χ0) is 17.6. The Balaban J connectivity index is 2.34. The summed E-state index contributed by atoms with van der Waals surface area (Å²) in [6, 6.07) is 21.9. The van der Waals surface area contributed by atoms with Crippen LogP contribution in [0, 0.1) is 0 Å². The zero-order valence-electron chi connectivity index (χ0n) is 13.3. The minimum absolute atomic E-state index is 0.565. The van der Waals surface area contributed by atoms with Gasteiger partial charge in [-0.2, -0.15) is 0 Å². The number of hydrogen-bond donors (Lipinski definition) is 0. The molecule has 0 saturated carbocycles. The molecule has 3 aromatic rings. The highest BCUT2D eigenvalue weighted by atomic mass is 31.1. The average molecular weight is 346 g/mol. The molecule has 0 fully saturated rings. The number of aldehydes is 3. The van der Waals surface area contributed by atoms with E-state index in [1.54, 1.807) is 36.4 Å². The molecule has 3 aromatic carbocycles. The first-order chi connectivity index (χ1) is 12.3. The van der Waals surface area contributed by atoms with Crippen molar-refractivity contribution in [2.45, 2.75) is 0 Å². The molecule has 25 heavy (non-hydrogen) atoms. The molecule has 0 aliphatic carbocycles. The second-order valence-electron chi connectivity index (χ2n) is 5.37. The lowest BCUT2D eigenvalue weighted by Gasteiger charge is -2.23. The van der Waals surface area contributed by atoms with Crippen LogP contribution in [-0.4, -0.2) is 18.9 Å². The third-order valence-electron chi connectivity index (χ3n) is 3.91. The van der Waals surface area contributed by atoms with Crippen LogP contribution in [0.2, 0.25) is 0 Å². The summed E-state index contributed by atoms with van der Waals surface area (Å²) in [6.07, 6.45) is 2.45. The van der Waals surface area contributed by atoms with Gasteiger partial charge in [0, 0.05) is 16.7 Å². The maximum Gasteiger partial charge on any atom is 0.150 e. The number of carbonyl (C=O) groups is 3. The van der Waals surface area contributed by atoms with Crippen LogP contribution in [0.25, 0.3) is 0 Å². The van der Waals surface area contributed by atoms with Gasteiger partial charge in [0.2, 0.25) is 0 Å². The lowest BCUT2D eigenvalue weighted by Crippen LogP contribution is -2.27. The second-order valence-corrected chi connectivity index (χ2v) is 7.48. The van der Waals surface area contributed by atoms with E-state index in [1.165, 1.54) is 0 Å². The summed E-state index contributed by atoms with van der Waals surface area (Å²) in [5, 5.41) is 2.49. The number of benzene rings is 3. The smallest absolute Gasteiger partial charge is 0.150 e. The molecule has 0 aliphatic rings. The fourth-order valence-electron chi connectivity index (χ4n) is 2.76. The van der Waals surface area contributed by atoms with E-state index in [9.17, 15) is 14.4 Å². The molecule has 0 atom stereocenters. The summed E-state index contributed by atoms with van der Waals surface area (Å²) in [4.78, 5) is 34.7.